The van der Waals surface area contributed by atoms with Gasteiger partial charge in [0.1, 0.15) is 6.10 Å². The topological polar surface area (TPSA) is 74.2 Å². The summed E-state index contributed by atoms with van der Waals surface area (Å²) in [5.41, 5.74) is 0.907. The van der Waals surface area contributed by atoms with Crippen LogP contribution in [0.3, 0.4) is 0 Å². The minimum Gasteiger partial charge on any atom is -0.464 e. The van der Waals surface area contributed by atoms with Gasteiger partial charge >= 0.3 is 5.97 Å². The molecule has 0 aliphatic carbocycles. The lowest BCUT2D eigenvalue weighted by atomic mass is 10.2. The number of carbonyl (C=O) groups is 1. The molecule has 1 aromatic rings. The Bertz CT molecular complexity index is 404. The largest absolute Gasteiger partial charge is 0.464 e. The van der Waals surface area contributed by atoms with E-state index in [0.29, 0.717) is 0 Å². The predicted octanol–water partition coefficient (Wildman–Crippen LogP) is 1.11. The summed E-state index contributed by atoms with van der Waals surface area (Å²) < 4.78 is 20.6. The quantitative estimate of drug-likeness (QED) is 0.544. The lowest BCUT2D eigenvalue weighted by Gasteiger charge is -2.27. The van der Waals surface area contributed by atoms with Crippen molar-refractivity contribution in [1.82, 2.24) is 0 Å². The van der Waals surface area contributed by atoms with Crippen LogP contribution in [0, 0.1) is 0 Å². The lowest BCUT2D eigenvalue weighted by molar-refractivity contribution is -0.218. The number of aliphatic hydroxyl groups excluding tert-OH is 1. The van der Waals surface area contributed by atoms with E-state index in [4.69, 9.17) is 18.9 Å². The SMILES string of the molecule is CCOC(=O)[C@H](O)[C@H](OCc1ccccc1)C(OC)OC. The number of carbonyl (C=O) groups excluding carboxylic acids is 1. The second-order valence-corrected chi connectivity index (χ2v) is 4.30. The first-order valence-corrected chi connectivity index (χ1v) is 6.69. The zero-order chi connectivity index (χ0) is 15.7. The van der Waals surface area contributed by atoms with E-state index in [2.05, 4.69) is 0 Å². The van der Waals surface area contributed by atoms with Crippen LogP contribution in [-0.2, 0) is 30.3 Å². The average molecular weight is 298 g/mol. The summed E-state index contributed by atoms with van der Waals surface area (Å²) >= 11 is 0. The summed E-state index contributed by atoms with van der Waals surface area (Å²) in [5.74, 6) is -0.769. The Morgan fingerprint density at radius 2 is 1.81 bits per heavy atom. The molecular formula is C15H22O6. The van der Waals surface area contributed by atoms with Crippen molar-refractivity contribution in [3.8, 4) is 0 Å². The van der Waals surface area contributed by atoms with Crippen molar-refractivity contribution >= 4 is 5.97 Å². The average Bonchev–Trinajstić information content (AvgIpc) is 2.52. The van der Waals surface area contributed by atoms with E-state index < -0.39 is 24.5 Å². The Labute approximate surface area is 124 Å². The molecule has 6 nitrogen and oxygen atoms in total. The van der Waals surface area contributed by atoms with Crippen LogP contribution in [0.5, 0.6) is 0 Å². The van der Waals surface area contributed by atoms with Crippen molar-refractivity contribution in [2.45, 2.75) is 32.0 Å². The third kappa shape index (κ3) is 5.43. The molecule has 0 fully saturated rings. The molecule has 0 amide bonds. The molecule has 0 spiro atoms. The maximum atomic E-state index is 11.7. The fourth-order valence-electron chi connectivity index (χ4n) is 1.81. The molecule has 0 saturated carbocycles. The fourth-order valence-corrected chi connectivity index (χ4v) is 1.81. The Hall–Kier alpha value is -1.47. The van der Waals surface area contributed by atoms with Gasteiger partial charge in [0.2, 0.25) is 0 Å². The Balaban J connectivity index is 2.74. The summed E-state index contributed by atoms with van der Waals surface area (Å²) in [6.07, 6.45) is -3.36. The van der Waals surface area contributed by atoms with Gasteiger partial charge in [0, 0.05) is 14.2 Å². The first-order chi connectivity index (χ1) is 10.1. The number of rotatable bonds is 9. The van der Waals surface area contributed by atoms with Gasteiger partial charge in [-0.25, -0.2) is 4.79 Å². The summed E-state index contributed by atoms with van der Waals surface area (Å²) in [6.45, 7) is 2.05. The molecule has 21 heavy (non-hydrogen) atoms. The summed E-state index contributed by atoms with van der Waals surface area (Å²) in [4.78, 5) is 11.7. The van der Waals surface area contributed by atoms with Gasteiger partial charge < -0.3 is 24.1 Å². The van der Waals surface area contributed by atoms with Gasteiger partial charge in [-0.2, -0.15) is 0 Å². The third-order valence-electron chi connectivity index (χ3n) is 2.86. The van der Waals surface area contributed by atoms with Gasteiger partial charge in [0.05, 0.1) is 13.2 Å². The molecule has 1 rings (SSSR count). The van der Waals surface area contributed by atoms with Crippen molar-refractivity contribution in [2.24, 2.45) is 0 Å². The predicted molar refractivity (Wildman–Crippen MR) is 75.5 cm³/mol. The van der Waals surface area contributed by atoms with E-state index in [1.54, 1.807) is 6.92 Å². The van der Waals surface area contributed by atoms with E-state index in [1.807, 2.05) is 30.3 Å². The second-order valence-electron chi connectivity index (χ2n) is 4.30. The normalized spacial score (nSPS) is 14.0. The van der Waals surface area contributed by atoms with Gasteiger partial charge in [-0.15, -0.1) is 0 Å². The first kappa shape index (κ1) is 17.6. The van der Waals surface area contributed by atoms with Crippen LogP contribution in [-0.4, -0.2) is 50.4 Å². The summed E-state index contributed by atoms with van der Waals surface area (Å²) in [7, 11) is 2.82. The van der Waals surface area contributed by atoms with Crippen LogP contribution in [0.4, 0.5) is 0 Å². The van der Waals surface area contributed by atoms with E-state index in [0.717, 1.165) is 5.56 Å². The zero-order valence-electron chi connectivity index (χ0n) is 12.5. The van der Waals surface area contributed by atoms with Crippen LogP contribution in [0.25, 0.3) is 0 Å². The maximum absolute atomic E-state index is 11.7. The molecule has 1 aromatic carbocycles. The minimum atomic E-state index is -1.49. The molecular weight excluding hydrogens is 276 g/mol. The number of benzene rings is 1. The highest BCUT2D eigenvalue weighted by Crippen LogP contribution is 2.14. The van der Waals surface area contributed by atoms with Crippen LogP contribution in [0.1, 0.15) is 12.5 Å². The maximum Gasteiger partial charge on any atom is 0.337 e. The summed E-state index contributed by atoms with van der Waals surface area (Å²) in [5, 5.41) is 10.1. The van der Waals surface area contributed by atoms with Gasteiger partial charge in [-0.3, -0.25) is 0 Å². The molecule has 0 radical (unpaired) electrons. The molecule has 6 heteroatoms. The number of hydrogen-bond donors (Lipinski definition) is 1. The van der Waals surface area contributed by atoms with E-state index in [9.17, 15) is 9.90 Å². The number of esters is 1. The van der Waals surface area contributed by atoms with Gasteiger partial charge in [0.25, 0.3) is 0 Å². The summed E-state index contributed by atoms with van der Waals surface area (Å²) in [6, 6.07) is 9.39. The van der Waals surface area contributed by atoms with Crippen LogP contribution < -0.4 is 0 Å². The van der Waals surface area contributed by atoms with Crippen molar-refractivity contribution in [3.05, 3.63) is 35.9 Å². The van der Waals surface area contributed by atoms with Crippen LogP contribution >= 0.6 is 0 Å². The van der Waals surface area contributed by atoms with Gasteiger partial charge in [0.15, 0.2) is 12.4 Å². The minimum absolute atomic E-state index is 0.173. The van der Waals surface area contributed by atoms with Crippen LogP contribution in [0.15, 0.2) is 30.3 Å². The second kappa shape index (κ2) is 9.46. The molecule has 0 heterocycles. The van der Waals surface area contributed by atoms with Crippen molar-refractivity contribution in [2.75, 3.05) is 20.8 Å². The van der Waals surface area contributed by atoms with Crippen molar-refractivity contribution < 1.29 is 28.8 Å². The van der Waals surface area contributed by atoms with Gasteiger partial charge in [-0.05, 0) is 12.5 Å². The molecule has 2 atom stereocenters. The molecule has 0 unspecified atom stereocenters. The van der Waals surface area contributed by atoms with Crippen molar-refractivity contribution in [3.63, 3.8) is 0 Å². The van der Waals surface area contributed by atoms with E-state index in [-0.39, 0.29) is 13.2 Å². The number of aliphatic hydroxyl groups is 1. The first-order valence-electron chi connectivity index (χ1n) is 6.69. The van der Waals surface area contributed by atoms with Crippen LogP contribution in [0.2, 0.25) is 0 Å². The molecule has 0 bridgehead atoms. The number of methoxy groups -OCH3 is 2. The smallest absolute Gasteiger partial charge is 0.337 e. The van der Waals surface area contributed by atoms with Crippen molar-refractivity contribution in [1.29, 1.82) is 0 Å². The standard InChI is InChI=1S/C15H22O6/c1-4-20-14(17)12(16)13(15(18-2)19-3)21-10-11-8-6-5-7-9-11/h5-9,12-13,15-16H,4,10H2,1-3H3/t12-,13+/m1/s1. The fraction of sp³-hybridized carbons (Fsp3) is 0.533. The highest BCUT2D eigenvalue weighted by atomic mass is 16.7. The molecule has 1 N–H and O–H groups in total. The lowest BCUT2D eigenvalue weighted by Crippen LogP contribution is -2.46. The highest BCUT2D eigenvalue weighted by Gasteiger charge is 2.35. The van der Waals surface area contributed by atoms with E-state index >= 15 is 0 Å². The highest BCUT2D eigenvalue weighted by molar-refractivity contribution is 5.75. The third-order valence-corrected chi connectivity index (χ3v) is 2.86. The molecule has 118 valence electrons. The Morgan fingerprint density at radius 3 is 2.33 bits per heavy atom. The molecule has 0 saturated heterocycles. The Morgan fingerprint density at radius 1 is 1.19 bits per heavy atom. The number of ether oxygens (including phenoxy) is 4. The molecule has 0 aliphatic rings. The number of hydrogen-bond acceptors (Lipinski definition) is 6. The van der Waals surface area contributed by atoms with Gasteiger partial charge in [-0.1, -0.05) is 30.3 Å². The molecule has 0 aromatic heterocycles. The van der Waals surface area contributed by atoms with E-state index in [1.165, 1.54) is 14.2 Å². The Kier molecular flexibility index (Phi) is 7.92. The molecule has 0 aliphatic heterocycles. The zero-order valence-corrected chi connectivity index (χ0v) is 12.5. The monoisotopic (exact) mass is 298 g/mol.